The van der Waals surface area contributed by atoms with E-state index in [1.807, 2.05) is 6.20 Å². The van der Waals surface area contributed by atoms with Crippen molar-refractivity contribution in [1.82, 2.24) is 14.9 Å². The van der Waals surface area contributed by atoms with E-state index in [1.165, 1.54) is 48.6 Å². The highest BCUT2D eigenvalue weighted by Gasteiger charge is 2.52. The Labute approximate surface area is 173 Å². The van der Waals surface area contributed by atoms with Crippen molar-refractivity contribution in [2.24, 2.45) is 5.41 Å². The van der Waals surface area contributed by atoms with E-state index in [0.29, 0.717) is 35.7 Å². The molecule has 2 atom stereocenters. The smallest absolute Gasteiger partial charge is 0.223 e. The molecule has 156 valence electrons. The average Bonchev–Trinajstić information content (AvgIpc) is 3.43. The Morgan fingerprint density at radius 3 is 2.79 bits per heavy atom. The van der Waals surface area contributed by atoms with E-state index >= 15 is 0 Å². The number of amides is 1. The molecule has 2 aromatic heterocycles. The van der Waals surface area contributed by atoms with Gasteiger partial charge < -0.3 is 14.6 Å². The zero-order chi connectivity index (χ0) is 20.3. The number of aromatic nitrogens is 2. The van der Waals surface area contributed by atoms with Gasteiger partial charge in [-0.1, -0.05) is 20.8 Å². The molecule has 2 saturated carbocycles. The number of ether oxygens (including phenoxy) is 1. The summed E-state index contributed by atoms with van der Waals surface area (Å²) in [6.07, 6.45) is 11.5. The first kappa shape index (κ1) is 19.0. The molecule has 2 aromatic rings. The number of hydrogen-bond donors (Lipinski definition) is 1. The molecule has 2 aliphatic carbocycles. The maximum atomic E-state index is 13.4. The Morgan fingerprint density at radius 1 is 1.38 bits per heavy atom. The maximum absolute atomic E-state index is 13.4. The first-order chi connectivity index (χ1) is 13.9. The Kier molecular flexibility index (Phi) is 4.41. The van der Waals surface area contributed by atoms with E-state index in [9.17, 15) is 4.79 Å². The van der Waals surface area contributed by atoms with Gasteiger partial charge in [0.05, 0.1) is 13.3 Å². The van der Waals surface area contributed by atoms with E-state index in [-0.39, 0.29) is 5.92 Å². The zero-order valence-electron chi connectivity index (χ0n) is 18.1. The van der Waals surface area contributed by atoms with Crippen molar-refractivity contribution < 1.29 is 9.53 Å². The molecule has 29 heavy (non-hydrogen) atoms. The van der Waals surface area contributed by atoms with Crippen LogP contribution in [-0.2, 0) is 4.79 Å². The second kappa shape index (κ2) is 6.75. The van der Waals surface area contributed by atoms with Crippen LogP contribution in [0.1, 0.15) is 88.7 Å². The van der Waals surface area contributed by atoms with E-state index in [2.05, 4.69) is 41.8 Å². The van der Waals surface area contributed by atoms with Crippen LogP contribution in [0.2, 0.25) is 0 Å². The number of hydrogen-bond acceptors (Lipinski definition) is 3. The summed E-state index contributed by atoms with van der Waals surface area (Å²) in [7, 11) is 1.72. The zero-order valence-corrected chi connectivity index (χ0v) is 18.1. The van der Waals surface area contributed by atoms with Crippen LogP contribution in [0, 0.1) is 5.41 Å². The van der Waals surface area contributed by atoms with Gasteiger partial charge in [-0.05, 0) is 61.3 Å². The highest BCUT2D eigenvalue weighted by Crippen LogP contribution is 2.54. The van der Waals surface area contributed by atoms with Crippen molar-refractivity contribution in [1.29, 1.82) is 0 Å². The second-order valence-electron chi connectivity index (χ2n) is 10.0. The molecule has 4 aliphatic rings. The van der Waals surface area contributed by atoms with Gasteiger partial charge in [-0.25, -0.2) is 4.98 Å². The summed E-state index contributed by atoms with van der Waals surface area (Å²) in [5, 5.41) is 1.19. The minimum atomic E-state index is 0.161. The van der Waals surface area contributed by atoms with Gasteiger partial charge in [0.2, 0.25) is 5.91 Å². The number of piperidine rings is 2. The van der Waals surface area contributed by atoms with E-state index in [4.69, 9.17) is 4.74 Å². The SMILES string of the molecule is CCC1CC2(C)CC(C2)N1C(=O)CC(C)c1c[nH]c2ncc(OC)c(C3CC3)c12. The number of nitrogens with one attached hydrogen (secondary N) is 1. The normalized spacial score (nSPS) is 29.6. The Morgan fingerprint density at radius 2 is 2.14 bits per heavy atom. The molecule has 2 unspecified atom stereocenters. The summed E-state index contributed by atoms with van der Waals surface area (Å²) in [6.45, 7) is 6.80. The molecule has 5 nitrogen and oxygen atoms in total. The van der Waals surface area contributed by atoms with Crippen molar-refractivity contribution in [3.63, 3.8) is 0 Å². The topological polar surface area (TPSA) is 58.2 Å². The Hall–Kier alpha value is -2.04. The van der Waals surface area contributed by atoms with Gasteiger partial charge in [0.1, 0.15) is 11.4 Å². The maximum Gasteiger partial charge on any atom is 0.223 e. The van der Waals surface area contributed by atoms with E-state index in [0.717, 1.165) is 17.8 Å². The molecule has 0 aromatic carbocycles. The summed E-state index contributed by atoms with van der Waals surface area (Å²) in [5.41, 5.74) is 3.89. The van der Waals surface area contributed by atoms with Gasteiger partial charge in [0.25, 0.3) is 0 Å². The van der Waals surface area contributed by atoms with Gasteiger partial charge in [0.15, 0.2) is 0 Å². The summed E-state index contributed by atoms with van der Waals surface area (Å²) in [6, 6.07) is 0.879. The summed E-state index contributed by atoms with van der Waals surface area (Å²) in [5.74, 6) is 1.94. The summed E-state index contributed by atoms with van der Waals surface area (Å²) < 4.78 is 5.64. The standard InChI is InChI=1S/C24H33N3O2/c1-5-16-9-24(3)10-17(11-24)27(16)20(28)8-14(2)18-12-25-23-22(18)21(15-6-7-15)19(29-4)13-26-23/h12-17H,5-11H2,1-4H3,(H,25,26). The van der Waals surface area contributed by atoms with Crippen molar-refractivity contribution in [3.8, 4) is 5.75 Å². The highest BCUT2D eigenvalue weighted by molar-refractivity contribution is 5.88. The first-order valence-corrected chi connectivity index (χ1v) is 11.3. The second-order valence-corrected chi connectivity index (χ2v) is 10.0. The van der Waals surface area contributed by atoms with Gasteiger partial charge in [-0.2, -0.15) is 0 Å². The number of carbonyl (C=O) groups excluding carboxylic acids is 1. The third-order valence-corrected chi connectivity index (χ3v) is 7.68. The highest BCUT2D eigenvalue weighted by atomic mass is 16.5. The molecule has 2 bridgehead atoms. The first-order valence-electron chi connectivity index (χ1n) is 11.3. The molecule has 4 heterocycles. The molecule has 1 N–H and O–H groups in total. The monoisotopic (exact) mass is 395 g/mol. The molecular weight excluding hydrogens is 362 g/mol. The Balaban J connectivity index is 1.42. The number of pyridine rings is 1. The van der Waals surface area contributed by atoms with E-state index in [1.54, 1.807) is 7.11 Å². The third kappa shape index (κ3) is 3.04. The largest absolute Gasteiger partial charge is 0.495 e. The van der Waals surface area contributed by atoms with Crippen molar-refractivity contribution in [2.45, 2.75) is 89.6 Å². The van der Waals surface area contributed by atoms with Gasteiger partial charge in [0, 0.05) is 35.7 Å². The summed E-state index contributed by atoms with van der Waals surface area (Å²) >= 11 is 0. The molecule has 1 amide bonds. The van der Waals surface area contributed by atoms with Crippen LogP contribution in [0.25, 0.3) is 11.0 Å². The lowest BCUT2D eigenvalue weighted by Gasteiger charge is -2.60. The predicted octanol–water partition coefficient (Wildman–Crippen LogP) is 5.12. The molecule has 0 spiro atoms. The number of H-pyrrole nitrogens is 1. The fourth-order valence-corrected chi connectivity index (χ4v) is 6.09. The van der Waals surface area contributed by atoms with Crippen LogP contribution in [0.15, 0.2) is 12.4 Å². The van der Waals surface area contributed by atoms with Crippen LogP contribution in [0.5, 0.6) is 5.75 Å². The average molecular weight is 396 g/mol. The third-order valence-electron chi connectivity index (χ3n) is 7.68. The Bertz CT molecular complexity index is 939. The lowest BCUT2D eigenvalue weighted by molar-refractivity contribution is -0.155. The number of rotatable bonds is 6. The quantitative estimate of drug-likeness (QED) is 0.738. The molecule has 2 aliphatic heterocycles. The minimum Gasteiger partial charge on any atom is -0.495 e. The lowest BCUT2D eigenvalue weighted by atomic mass is 9.59. The molecule has 0 radical (unpaired) electrons. The van der Waals surface area contributed by atoms with Crippen LogP contribution in [-0.4, -0.2) is 40.0 Å². The summed E-state index contributed by atoms with van der Waals surface area (Å²) in [4.78, 5) is 23.5. The molecule has 4 fully saturated rings. The van der Waals surface area contributed by atoms with Gasteiger partial charge in [-0.3, -0.25) is 4.79 Å². The van der Waals surface area contributed by atoms with Gasteiger partial charge >= 0.3 is 0 Å². The van der Waals surface area contributed by atoms with Crippen molar-refractivity contribution >= 4 is 16.9 Å². The molecular formula is C24H33N3O2. The number of methoxy groups -OCH3 is 1. The number of aromatic amines is 1. The van der Waals surface area contributed by atoms with Crippen molar-refractivity contribution in [3.05, 3.63) is 23.5 Å². The number of fused-ring (bicyclic) bond motifs is 3. The molecule has 2 saturated heterocycles. The molecule has 6 rings (SSSR count). The lowest BCUT2D eigenvalue weighted by Crippen LogP contribution is -2.62. The predicted molar refractivity (Wildman–Crippen MR) is 114 cm³/mol. The fourth-order valence-electron chi connectivity index (χ4n) is 6.09. The molecule has 5 heteroatoms. The van der Waals surface area contributed by atoms with Crippen LogP contribution < -0.4 is 4.74 Å². The van der Waals surface area contributed by atoms with E-state index < -0.39 is 0 Å². The van der Waals surface area contributed by atoms with Crippen LogP contribution in [0.4, 0.5) is 0 Å². The van der Waals surface area contributed by atoms with Crippen molar-refractivity contribution in [2.75, 3.05) is 7.11 Å². The van der Waals surface area contributed by atoms with Gasteiger partial charge in [-0.15, -0.1) is 0 Å². The van der Waals surface area contributed by atoms with Crippen LogP contribution in [0.3, 0.4) is 0 Å². The number of nitrogens with zero attached hydrogens (tertiary/aromatic N) is 2. The minimum absolute atomic E-state index is 0.161. The fraction of sp³-hybridized carbons (Fsp3) is 0.667. The number of carbonyl (C=O) groups is 1. The van der Waals surface area contributed by atoms with Crippen LogP contribution >= 0.6 is 0 Å².